The lowest BCUT2D eigenvalue weighted by atomic mass is 10.3. The number of nitrogens with one attached hydrogen (secondary N) is 3. The minimum atomic E-state index is 0.113. The van der Waals surface area contributed by atoms with Crippen LogP contribution in [-0.2, 0) is 9.59 Å². The quantitative estimate of drug-likeness (QED) is 0.519. The highest BCUT2D eigenvalue weighted by Gasteiger charge is 2.23. The smallest absolute Gasteiger partial charge is 0.221 e. The van der Waals surface area contributed by atoms with E-state index in [1.807, 2.05) is 0 Å². The summed E-state index contributed by atoms with van der Waals surface area (Å²) in [5, 5.41) is 8.97. The van der Waals surface area contributed by atoms with Gasteiger partial charge in [0, 0.05) is 38.0 Å². The topological polar surface area (TPSA) is 70.2 Å². The molecule has 2 saturated carbocycles. The molecule has 0 aromatic carbocycles. The lowest BCUT2D eigenvalue weighted by Crippen LogP contribution is -2.32. The van der Waals surface area contributed by atoms with Crippen molar-refractivity contribution in [3.05, 3.63) is 0 Å². The average molecular weight is 239 g/mol. The maximum atomic E-state index is 11.3. The number of rotatable bonds is 8. The van der Waals surface area contributed by atoms with Gasteiger partial charge in [-0.05, 0) is 25.7 Å². The predicted molar refractivity (Wildman–Crippen MR) is 64.4 cm³/mol. The Labute approximate surface area is 102 Å². The molecule has 96 valence electrons. The molecule has 0 unspecified atom stereocenters. The summed E-state index contributed by atoms with van der Waals surface area (Å²) in [7, 11) is 0. The van der Waals surface area contributed by atoms with Gasteiger partial charge in [-0.25, -0.2) is 0 Å². The maximum Gasteiger partial charge on any atom is 0.221 e. The van der Waals surface area contributed by atoms with Crippen molar-refractivity contribution in [1.29, 1.82) is 0 Å². The molecule has 2 amide bonds. The molecule has 2 rings (SSSR count). The van der Waals surface area contributed by atoms with Crippen LogP contribution in [-0.4, -0.2) is 37.0 Å². The first-order chi connectivity index (χ1) is 8.24. The molecule has 0 spiro atoms. The van der Waals surface area contributed by atoms with Gasteiger partial charge in [0.2, 0.25) is 11.8 Å². The Morgan fingerprint density at radius 3 is 1.59 bits per heavy atom. The van der Waals surface area contributed by atoms with E-state index in [1.54, 1.807) is 0 Å². The van der Waals surface area contributed by atoms with E-state index in [1.165, 1.54) is 0 Å². The van der Waals surface area contributed by atoms with Crippen LogP contribution < -0.4 is 16.0 Å². The van der Waals surface area contributed by atoms with Crippen LogP contribution in [0.4, 0.5) is 0 Å². The summed E-state index contributed by atoms with van der Waals surface area (Å²) in [4.78, 5) is 22.6. The van der Waals surface area contributed by atoms with Crippen molar-refractivity contribution in [2.45, 2.75) is 50.6 Å². The minimum absolute atomic E-state index is 0.113. The third-order valence-corrected chi connectivity index (χ3v) is 2.94. The minimum Gasteiger partial charge on any atom is -0.353 e. The largest absolute Gasteiger partial charge is 0.353 e. The Morgan fingerprint density at radius 2 is 1.24 bits per heavy atom. The molecule has 3 N–H and O–H groups in total. The summed E-state index contributed by atoms with van der Waals surface area (Å²) in [5.41, 5.74) is 0. The molecule has 2 aliphatic carbocycles. The fourth-order valence-electron chi connectivity index (χ4n) is 1.58. The van der Waals surface area contributed by atoms with E-state index in [0.717, 1.165) is 25.7 Å². The summed E-state index contributed by atoms with van der Waals surface area (Å²) >= 11 is 0. The van der Waals surface area contributed by atoms with Crippen molar-refractivity contribution in [2.24, 2.45) is 0 Å². The number of carbonyl (C=O) groups excluding carboxylic acids is 2. The molecule has 0 atom stereocenters. The molecule has 17 heavy (non-hydrogen) atoms. The molecule has 0 aliphatic heterocycles. The van der Waals surface area contributed by atoms with Crippen molar-refractivity contribution >= 4 is 11.8 Å². The standard InChI is InChI=1S/C12H21N3O2/c16-11(14-9-1-2-9)5-7-13-8-6-12(17)15-10-3-4-10/h9-10,13H,1-8H2,(H,14,16)(H,15,17). The van der Waals surface area contributed by atoms with Crippen molar-refractivity contribution in [3.8, 4) is 0 Å². The lowest BCUT2D eigenvalue weighted by molar-refractivity contribution is -0.121. The molecular formula is C12H21N3O2. The van der Waals surface area contributed by atoms with Gasteiger partial charge in [0.1, 0.15) is 0 Å². The summed E-state index contributed by atoms with van der Waals surface area (Å²) in [6.07, 6.45) is 5.50. The fourth-order valence-corrected chi connectivity index (χ4v) is 1.58. The lowest BCUT2D eigenvalue weighted by Gasteiger charge is -2.06. The van der Waals surface area contributed by atoms with E-state index >= 15 is 0 Å². The van der Waals surface area contributed by atoms with Crippen LogP contribution in [0.1, 0.15) is 38.5 Å². The molecule has 5 heteroatoms. The van der Waals surface area contributed by atoms with Gasteiger partial charge in [0.05, 0.1) is 0 Å². The second-order valence-electron chi connectivity index (χ2n) is 4.93. The zero-order chi connectivity index (χ0) is 12.1. The third kappa shape index (κ3) is 5.68. The number of carbonyl (C=O) groups is 2. The fraction of sp³-hybridized carbons (Fsp3) is 0.833. The van der Waals surface area contributed by atoms with Gasteiger partial charge >= 0.3 is 0 Å². The third-order valence-electron chi connectivity index (χ3n) is 2.94. The Bertz CT molecular complexity index is 257. The first kappa shape index (κ1) is 12.4. The van der Waals surface area contributed by atoms with Crippen LogP contribution in [0, 0.1) is 0 Å². The van der Waals surface area contributed by atoms with Gasteiger partial charge in [-0.1, -0.05) is 0 Å². The summed E-state index contributed by atoms with van der Waals surface area (Å²) in [5.74, 6) is 0.227. The first-order valence-corrected chi connectivity index (χ1v) is 6.53. The molecule has 2 fully saturated rings. The maximum absolute atomic E-state index is 11.3. The van der Waals surface area contributed by atoms with Crippen LogP contribution >= 0.6 is 0 Å². The Kier molecular flexibility index (Phi) is 4.36. The van der Waals surface area contributed by atoms with Gasteiger partial charge < -0.3 is 16.0 Å². The van der Waals surface area contributed by atoms with Crippen molar-refractivity contribution in [3.63, 3.8) is 0 Å². The monoisotopic (exact) mass is 239 g/mol. The van der Waals surface area contributed by atoms with Crippen LogP contribution in [0.2, 0.25) is 0 Å². The van der Waals surface area contributed by atoms with Crippen LogP contribution in [0.25, 0.3) is 0 Å². The number of hydrogen-bond acceptors (Lipinski definition) is 3. The van der Waals surface area contributed by atoms with E-state index in [0.29, 0.717) is 38.0 Å². The highest BCUT2D eigenvalue weighted by Crippen LogP contribution is 2.18. The van der Waals surface area contributed by atoms with Crippen molar-refractivity contribution in [2.75, 3.05) is 13.1 Å². The van der Waals surface area contributed by atoms with E-state index in [-0.39, 0.29) is 11.8 Å². The molecule has 5 nitrogen and oxygen atoms in total. The van der Waals surface area contributed by atoms with Gasteiger partial charge in [-0.15, -0.1) is 0 Å². The Hall–Kier alpha value is -1.10. The Balaban J connectivity index is 1.39. The van der Waals surface area contributed by atoms with E-state index in [2.05, 4.69) is 16.0 Å². The van der Waals surface area contributed by atoms with Crippen LogP contribution in [0.15, 0.2) is 0 Å². The summed E-state index contributed by atoms with van der Waals surface area (Å²) < 4.78 is 0. The molecule has 2 aliphatic rings. The van der Waals surface area contributed by atoms with Gasteiger partial charge in [-0.2, -0.15) is 0 Å². The Morgan fingerprint density at radius 1 is 0.824 bits per heavy atom. The predicted octanol–water partition coefficient (Wildman–Crippen LogP) is -0.0866. The second-order valence-corrected chi connectivity index (χ2v) is 4.93. The van der Waals surface area contributed by atoms with Crippen molar-refractivity contribution in [1.82, 2.24) is 16.0 Å². The van der Waals surface area contributed by atoms with Crippen LogP contribution in [0.5, 0.6) is 0 Å². The van der Waals surface area contributed by atoms with Gasteiger partial charge in [-0.3, -0.25) is 9.59 Å². The second kappa shape index (κ2) is 6.00. The zero-order valence-electron chi connectivity index (χ0n) is 10.1. The summed E-state index contributed by atoms with van der Waals surface area (Å²) in [6, 6.07) is 0.874. The number of hydrogen-bond donors (Lipinski definition) is 3. The first-order valence-electron chi connectivity index (χ1n) is 6.53. The van der Waals surface area contributed by atoms with E-state index < -0.39 is 0 Å². The highest BCUT2D eigenvalue weighted by atomic mass is 16.2. The molecular weight excluding hydrogens is 218 g/mol. The number of amides is 2. The van der Waals surface area contributed by atoms with Gasteiger partial charge in [0.15, 0.2) is 0 Å². The summed E-state index contributed by atoms with van der Waals surface area (Å²) in [6.45, 7) is 1.30. The molecule has 0 heterocycles. The normalized spacial score (nSPS) is 18.8. The highest BCUT2D eigenvalue weighted by molar-refractivity contribution is 5.77. The van der Waals surface area contributed by atoms with Crippen molar-refractivity contribution < 1.29 is 9.59 Å². The van der Waals surface area contributed by atoms with Gasteiger partial charge in [0.25, 0.3) is 0 Å². The molecule has 0 saturated heterocycles. The van der Waals surface area contributed by atoms with E-state index in [9.17, 15) is 9.59 Å². The van der Waals surface area contributed by atoms with Crippen LogP contribution in [0.3, 0.4) is 0 Å². The molecule has 0 aromatic heterocycles. The zero-order valence-corrected chi connectivity index (χ0v) is 10.1. The molecule has 0 bridgehead atoms. The molecule has 0 radical (unpaired) electrons. The molecule has 0 aromatic rings. The van der Waals surface area contributed by atoms with E-state index in [4.69, 9.17) is 0 Å². The SMILES string of the molecule is O=C(CCNCCC(=O)NC1CC1)NC1CC1. The average Bonchev–Trinajstić information content (AvgIpc) is 3.13.